The molecular formula is C22H21N3O. The van der Waals surface area contributed by atoms with Crippen molar-refractivity contribution in [1.29, 1.82) is 0 Å². The number of carbonyl (C=O) groups is 1. The number of anilines is 2. The molecule has 1 N–H and O–H groups in total. The number of nitrogens with one attached hydrogen (secondary N) is 1. The minimum atomic E-state index is -0.325. The van der Waals surface area contributed by atoms with Crippen LogP contribution in [0.15, 0.2) is 66.9 Å². The average molecular weight is 343 g/mol. The van der Waals surface area contributed by atoms with Gasteiger partial charge in [0, 0.05) is 17.6 Å². The Bertz CT molecular complexity index is 932. The highest BCUT2D eigenvalue weighted by atomic mass is 16.2. The van der Waals surface area contributed by atoms with Gasteiger partial charge in [0.25, 0.3) is 5.91 Å². The molecule has 4 heteroatoms. The molecule has 0 bridgehead atoms. The minimum Gasteiger partial charge on any atom is -0.360 e. The Morgan fingerprint density at radius 1 is 1.04 bits per heavy atom. The molecule has 1 atom stereocenters. The zero-order valence-corrected chi connectivity index (χ0v) is 14.9. The summed E-state index contributed by atoms with van der Waals surface area (Å²) >= 11 is 0. The number of rotatable bonds is 4. The second-order valence-corrected chi connectivity index (χ2v) is 6.54. The van der Waals surface area contributed by atoms with E-state index in [-0.39, 0.29) is 12.1 Å². The van der Waals surface area contributed by atoms with Crippen molar-refractivity contribution >= 4 is 17.3 Å². The number of hydrogen-bond acceptors (Lipinski definition) is 3. The Balaban J connectivity index is 1.74. The monoisotopic (exact) mass is 343 g/mol. The van der Waals surface area contributed by atoms with Crippen LogP contribution in [0.4, 0.5) is 11.4 Å². The number of benzene rings is 2. The molecule has 0 fully saturated rings. The molecule has 1 aliphatic heterocycles. The summed E-state index contributed by atoms with van der Waals surface area (Å²) < 4.78 is 0. The molecule has 0 spiro atoms. The van der Waals surface area contributed by atoms with Gasteiger partial charge in [0.2, 0.25) is 0 Å². The second-order valence-electron chi connectivity index (χ2n) is 6.54. The molecule has 0 saturated heterocycles. The number of aryl methyl sites for hydroxylation is 2. The highest BCUT2D eigenvalue weighted by Crippen LogP contribution is 2.36. The third-order valence-electron chi connectivity index (χ3n) is 4.78. The van der Waals surface area contributed by atoms with Gasteiger partial charge in [0.1, 0.15) is 0 Å². The largest absolute Gasteiger partial charge is 0.360 e. The van der Waals surface area contributed by atoms with Gasteiger partial charge in [-0.1, -0.05) is 36.8 Å². The van der Waals surface area contributed by atoms with Gasteiger partial charge < -0.3 is 5.32 Å². The van der Waals surface area contributed by atoms with Gasteiger partial charge in [-0.25, -0.2) is 0 Å². The number of pyridine rings is 1. The van der Waals surface area contributed by atoms with Crippen LogP contribution in [-0.4, -0.2) is 10.9 Å². The molecular weight excluding hydrogens is 322 g/mol. The van der Waals surface area contributed by atoms with Gasteiger partial charge in [-0.3, -0.25) is 14.7 Å². The average Bonchev–Trinajstić information content (AvgIpc) is 2.95. The Kier molecular flexibility index (Phi) is 4.17. The maximum absolute atomic E-state index is 13.0. The highest BCUT2D eigenvalue weighted by Gasteiger charge is 2.38. The van der Waals surface area contributed by atoms with Gasteiger partial charge in [-0.05, 0) is 55.3 Å². The molecule has 2 aromatic carbocycles. The molecule has 1 aromatic heterocycles. The number of nitrogens with zero attached hydrogens (tertiary/aromatic N) is 2. The summed E-state index contributed by atoms with van der Waals surface area (Å²) in [5.41, 5.74) is 5.69. The number of carbonyl (C=O) groups excluding carboxylic acids is 1. The van der Waals surface area contributed by atoms with E-state index in [0.29, 0.717) is 5.56 Å². The number of aromatic nitrogens is 1. The van der Waals surface area contributed by atoms with Crippen LogP contribution in [0.5, 0.6) is 0 Å². The van der Waals surface area contributed by atoms with Crippen LogP contribution in [0.1, 0.15) is 40.3 Å². The normalized spacial score (nSPS) is 15.8. The summed E-state index contributed by atoms with van der Waals surface area (Å²) in [5.74, 6) is -0.0281. The van der Waals surface area contributed by atoms with Gasteiger partial charge in [-0.15, -0.1) is 0 Å². The lowest BCUT2D eigenvalue weighted by atomic mass is 10.1. The number of amides is 1. The summed E-state index contributed by atoms with van der Waals surface area (Å²) in [6, 6.07) is 20.0. The van der Waals surface area contributed by atoms with E-state index in [1.54, 1.807) is 11.1 Å². The van der Waals surface area contributed by atoms with Crippen LogP contribution in [0, 0.1) is 6.92 Å². The molecule has 1 aliphatic rings. The third-order valence-corrected chi connectivity index (χ3v) is 4.78. The first-order chi connectivity index (χ1) is 12.7. The van der Waals surface area contributed by atoms with E-state index in [0.717, 1.165) is 29.1 Å². The van der Waals surface area contributed by atoms with Crippen molar-refractivity contribution in [3.8, 4) is 0 Å². The molecule has 4 nitrogen and oxygen atoms in total. The Morgan fingerprint density at radius 3 is 2.46 bits per heavy atom. The van der Waals surface area contributed by atoms with E-state index in [1.165, 1.54) is 5.56 Å². The van der Waals surface area contributed by atoms with Gasteiger partial charge in [-0.2, -0.15) is 0 Å². The van der Waals surface area contributed by atoms with E-state index in [9.17, 15) is 4.79 Å². The molecule has 0 unspecified atom stereocenters. The lowest BCUT2D eigenvalue weighted by Crippen LogP contribution is -2.32. The molecule has 0 radical (unpaired) electrons. The maximum Gasteiger partial charge on any atom is 0.262 e. The predicted octanol–water partition coefficient (Wildman–Crippen LogP) is 4.72. The molecule has 0 saturated carbocycles. The maximum atomic E-state index is 13.0. The van der Waals surface area contributed by atoms with E-state index in [4.69, 9.17) is 0 Å². The molecule has 130 valence electrons. The molecule has 3 aromatic rings. The zero-order chi connectivity index (χ0) is 18.1. The Morgan fingerprint density at radius 2 is 1.77 bits per heavy atom. The van der Waals surface area contributed by atoms with Gasteiger partial charge in [0.15, 0.2) is 6.17 Å². The molecule has 26 heavy (non-hydrogen) atoms. The van der Waals surface area contributed by atoms with Crippen molar-refractivity contribution in [2.45, 2.75) is 26.4 Å². The predicted molar refractivity (Wildman–Crippen MR) is 104 cm³/mol. The molecule has 4 rings (SSSR count). The van der Waals surface area contributed by atoms with E-state index in [1.807, 2.05) is 43.3 Å². The summed E-state index contributed by atoms with van der Waals surface area (Å²) in [7, 11) is 0. The Hall–Kier alpha value is -3.14. The van der Waals surface area contributed by atoms with Gasteiger partial charge >= 0.3 is 0 Å². The quantitative estimate of drug-likeness (QED) is 0.745. The van der Waals surface area contributed by atoms with Crippen LogP contribution in [0.3, 0.4) is 0 Å². The van der Waals surface area contributed by atoms with Gasteiger partial charge in [0.05, 0.1) is 11.3 Å². The summed E-state index contributed by atoms with van der Waals surface area (Å²) in [5, 5.41) is 3.48. The fraction of sp³-hybridized carbons (Fsp3) is 0.182. The van der Waals surface area contributed by atoms with Crippen LogP contribution in [0.2, 0.25) is 0 Å². The summed E-state index contributed by atoms with van der Waals surface area (Å²) in [4.78, 5) is 19.3. The molecule has 1 amide bonds. The SMILES string of the molecule is CCc1ccc(N[C@@H]2c3ncccc3C(=O)N2c2ccc(C)cc2)cc1. The fourth-order valence-corrected chi connectivity index (χ4v) is 3.28. The highest BCUT2D eigenvalue weighted by molar-refractivity contribution is 6.11. The first kappa shape index (κ1) is 16.3. The lowest BCUT2D eigenvalue weighted by molar-refractivity contribution is 0.0993. The van der Waals surface area contributed by atoms with Crippen molar-refractivity contribution in [3.05, 3.63) is 89.2 Å². The van der Waals surface area contributed by atoms with E-state index < -0.39 is 0 Å². The zero-order valence-electron chi connectivity index (χ0n) is 14.9. The minimum absolute atomic E-state index is 0.0281. The summed E-state index contributed by atoms with van der Waals surface area (Å²) in [6.45, 7) is 4.17. The topological polar surface area (TPSA) is 45.2 Å². The van der Waals surface area contributed by atoms with E-state index in [2.05, 4.69) is 41.5 Å². The van der Waals surface area contributed by atoms with Crippen molar-refractivity contribution < 1.29 is 4.79 Å². The van der Waals surface area contributed by atoms with Crippen LogP contribution < -0.4 is 10.2 Å². The van der Waals surface area contributed by atoms with Crippen molar-refractivity contribution in [1.82, 2.24) is 4.98 Å². The lowest BCUT2D eigenvalue weighted by Gasteiger charge is -2.26. The standard InChI is InChI=1S/C22H21N3O/c1-3-16-8-10-17(11-9-16)24-21-20-19(5-4-14-23-20)22(26)25(21)18-12-6-15(2)7-13-18/h4-14,21,24H,3H2,1-2H3/t21-/m0/s1. The van der Waals surface area contributed by atoms with Crippen LogP contribution in [0.25, 0.3) is 0 Å². The second kappa shape index (κ2) is 6.64. The summed E-state index contributed by atoms with van der Waals surface area (Å²) in [6.07, 6.45) is 2.41. The third kappa shape index (κ3) is 2.84. The Labute approximate surface area is 153 Å². The van der Waals surface area contributed by atoms with Crippen molar-refractivity contribution in [2.24, 2.45) is 0 Å². The molecule has 2 heterocycles. The first-order valence-electron chi connectivity index (χ1n) is 8.88. The van der Waals surface area contributed by atoms with Crippen molar-refractivity contribution in [3.63, 3.8) is 0 Å². The fourth-order valence-electron chi connectivity index (χ4n) is 3.28. The number of hydrogen-bond donors (Lipinski definition) is 1. The smallest absolute Gasteiger partial charge is 0.262 e. The van der Waals surface area contributed by atoms with E-state index >= 15 is 0 Å². The first-order valence-corrected chi connectivity index (χ1v) is 8.88. The molecule has 0 aliphatic carbocycles. The van der Waals surface area contributed by atoms with Crippen LogP contribution in [-0.2, 0) is 6.42 Å². The van der Waals surface area contributed by atoms with Crippen molar-refractivity contribution in [2.75, 3.05) is 10.2 Å². The van der Waals surface area contributed by atoms with Crippen LogP contribution >= 0.6 is 0 Å². The number of fused-ring (bicyclic) bond motifs is 1.